The van der Waals surface area contributed by atoms with Gasteiger partial charge in [0, 0.05) is 48.0 Å². The van der Waals surface area contributed by atoms with Crippen molar-refractivity contribution in [2.45, 2.75) is 18.9 Å². The summed E-state index contributed by atoms with van der Waals surface area (Å²) in [6.45, 7) is 5.13. The zero-order valence-electron chi connectivity index (χ0n) is 24.1. The summed E-state index contributed by atoms with van der Waals surface area (Å²) < 4.78 is 20.8. The molecule has 4 N–H and O–H groups in total. The summed E-state index contributed by atoms with van der Waals surface area (Å²) in [4.78, 5) is 21.8. The van der Waals surface area contributed by atoms with Crippen LogP contribution in [0.25, 0.3) is 55.7 Å². The lowest BCUT2D eigenvalue weighted by Crippen LogP contribution is -2.56. The third-order valence-corrected chi connectivity index (χ3v) is 8.54. The Balaban J connectivity index is 1.11. The molecule has 8 rings (SSSR count). The minimum absolute atomic E-state index is 0.168. The molecule has 2 fully saturated rings. The molecule has 0 unspecified atom stereocenters. The van der Waals surface area contributed by atoms with Crippen molar-refractivity contribution in [1.82, 2.24) is 35.0 Å². The van der Waals surface area contributed by atoms with Gasteiger partial charge in [0.25, 0.3) is 0 Å². The van der Waals surface area contributed by atoms with Gasteiger partial charge in [0.05, 0.1) is 35.5 Å². The molecule has 0 spiro atoms. The smallest absolute Gasteiger partial charge is 0.147 e. The molecule has 2 aliphatic rings. The first-order chi connectivity index (χ1) is 21.6. The van der Waals surface area contributed by atoms with Crippen molar-refractivity contribution in [1.29, 1.82) is 0 Å². The normalized spacial score (nSPS) is 15.8. The first kappa shape index (κ1) is 26.7. The zero-order chi connectivity index (χ0) is 29.6. The molecule has 11 heteroatoms. The lowest BCUT2D eigenvalue weighted by molar-refractivity contribution is 0.237. The van der Waals surface area contributed by atoms with E-state index in [4.69, 9.17) is 15.5 Å². The van der Waals surface area contributed by atoms with Crippen LogP contribution in [0.5, 0.6) is 5.75 Å². The number of pyridine rings is 1. The second kappa shape index (κ2) is 11.0. The van der Waals surface area contributed by atoms with Crippen LogP contribution in [0.2, 0.25) is 0 Å². The van der Waals surface area contributed by atoms with E-state index in [9.17, 15) is 4.39 Å². The molecule has 4 aromatic heterocycles. The summed E-state index contributed by atoms with van der Waals surface area (Å²) in [6, 6.07) is 15.1. The largest absolute Gasteiger partial charge is 0.492 e. The number of hydrogen-bond donors (Lipinski definition) is 3. The van der Waals surface area contributed by atoms with E-state index >= 15 is 0 Å². The quantitative estimate of drug-likeness (QED) is 0.227. The molecule has 2 aromatic carbocycles. The number of hydrogen-bond acceptors (Lipinski definition) is 8. The van der Waals surface area contributed by atoms with Gasteiger partial charge in [-0.2, -0.15) is 5.10 Å². The SMILES string of the molecule is NC1CN(c2cncc(-c3cc4c(-c5cc6c(-c7cc(F)cc(OCCN8CCCC8)c7)cccc6[nH]5)n[nH]c4cn3)n2)C1. The maximum absolute atomic E-state index is 14.8. The van der Waals surface area contributed by atoms with Gasteiger partial charge in [-0.3, -0.25) is 20.0 Å². The van der Waals surface area contributed by atoms with Crippen LogP contribution in [0.15, 0.2) is 67.1 Å². The third kappa shape index (κ3) is 5.03. The number of nitrogens with two attached hydrogens (primary N) is 1. The highest BCUT2D eigenvalue weighted by Gasteiger charge is 2.25. The summed E-state index contributed by atoms with van der Waals surface area (Å²) >= 11 is 0. The standard InChI is InChI=1S/C33H32FN9O/c34-21-10-20(11-23(12-21)44-9-8-42-6-1-2-7-42)24-4-3-5-27-25(24)13-29(38-27)33-26-14-28(37-16-30(26)40-41-33)31-15-36-17-32(39-31)43-18-22(35)19-43/h3-5,10-17,22,38H,1-2,6-9,18-19,35H2,(H,40,41). The molecule has 0 bridgehead atoms. The highest BCUT2D eigenvalue weighted by atomic mass is 19.1. The number of halogens is 1. The Labute approximate surface area is 253 Å². The Bertz CT molecular complexity index is 1970. The molecule has 0 amide bonds. The molecular weight excluding hydrogens is 557 g/mol. The number of nitrogens with zero attached hydrogens (tertiary/aromatic N) is 6. The number of anilines is 1. The van der Waals surface area contributed by atoms with Crippen LogP contribution in [0.1, 0.15) is 12.8 Å². The number of H-pyrrole nitrogens is 2. The number of benzene rings is 2. The fourth-order valence-corrected chi connectivity index (χ4v) is 6.23. The molecule has 44 heavy (non-hydrogen) atoms. The summed E-state index contributed by atoms with van der Waals surface area (Å²) in [6.07, 6.45) is 7.70. The molecule has 0 radical (unpaired) electrons. The Morgan fingerprint density at radius 2 is 1.84 bits per heavy atom. The van der Waals surface area contributed by atoms with E-state index in [0.717, 1.165) is 82.9 Å². The van der Waals surface area contributed by atoms with E-state index in [-0.39, 0.29) is 11.9 Å². The summed E-state index contributed by atoms with van der Waals surface area (Å²) in [7, 11) is 0. The average Bonchev–Trinajstić information content (AvgIpc) is 3.78. The number of aromatic amines is 2. The molecule has 2 saturated heterocycles. The van der Waals surface area contributed by atoms with Gasteiger partial charge in [-0.05, 0) is 67.4 Å². The average molecular weight is 590 g/mol. The predicted molar refractivity (Wildman–Crippen MR) is 169 cm³/mol. The third-order valence-electron chi connectivity index (χ3n) is 8.54. The zero-order valence-corrected chi connectivity index (χ0v) is 24.1. The number of likely N-dealkylation sites (tertiary alicyclic amines) is 1. The maximum Gasteiger partial charge on any atom is 0.147 e. The van der Waals surface area contributed by atoms with Gasteiger partial charge in [-0.15, -0.1) is 0 Å². The van der Waals surface area contributed by atoms with Crippen LogP contribution in [-0.2, 0) is 0 Å². The van der Waals surface area contributed by atoms with E-state index in [1.807, 2.05) is 30.3 Å². The monoisotopic (exact) mass is 589 g/mol. The second-order valence-electron chi connectivity index (χ2n) is 11.6. The van der Waals surface area contributed by atoms with Crippen molar-refractivity contribution in [3.63, 3.8) is 0 Å². The topological polar surface area (TPSA) is 125 Å². The fraction of sp³-hybridized carbons (Fsp3) is 0.273. The number of fused-ring (bicyclic) bond motifs is 2. The van der Waals surface area contributed by atoms with Crippen molar-refractivity contribution < 1.29 is 9.13 Å². The van der Waals surface area contributed by atoms with Gasteiger partial charge in [-0.25, -0.2) is 9.37 Å². The van der Waals surface area contributed by atoms with Gasteiger partial charge >= 0.3 is 0 Å². The number of ether oxygens (including phenoxy) is 1. The molecule has 2 aliphatic heterocycles. The Hall–Kier alpha value is -4.87. The minimum atomic E-state index is -0.325. The van der Waals surface area contributed by atoms with E-state index in [1.54, 1.807) is 24.7 Å². The van der Waals surface area contributed by atoms with E-state index < -0.39 is 0 Å². The maximum atomic E-state index is 14.8. The van der Waals surface area contributed by atoms with Crippen molar-refractivity contribution in [2.24, 2.45) is 5.73 Å². The number of aromatic nitrogens is 6. The van der Waals surface area contributed by atoms with Crippen LogP contribution in [-0.4, -0.2) is 80.4 Å². The van der Waals surface area contributed by atoms with Gasteiger partial charge < -0.3 is 20.4 Å². The minimum Gasteiger partial charge on any atom is -0.492 e. The van der Waals surface area contributed by atoms with E-state index in [0.29, 0.717) is 23.7 Å². The van der Waals surface area contributed by atoms with Crippen molar-refractivity contribution in [2.75, 3.05) is 44.2 Å². The van der Waals surface area contributed by atoms with Gasteiger partial charge in [0.1, 0.15) is 35.4 Å². The van der Waals surface area contributed by atoms with Crippen LogP contribution in [0, 0.1) is 5.82 Å². The van der Waals surface area contributed by atoms with Crippen LogP contribution >= 0.6 is 0 Å². The summed E-state index contributed by atoms with van der Waals surface area (Å²) in [5.74, 6) is 1.00. The molecule has 0 saturated carbocycles. The Morgan fingerprint density at radius 3 is 2.70 bits per heavy atom. The highest BCUT2D eigenvalue weighted by Crippen LogP contribution is 2.36. The lowest BCUT2D eigenvalue weighted by atomic mass is 10.0. The molecule has 6 heterocycles. The van der Waals surface area contributed by atoms with Crippen LogP contribution < -0.4 is 15.4 Å². The Morgan fingerprint density at radius 1 is 0.955 bits per heavy atom. The van der Waals surface area contributed by atoms with Gasteiger partial charge in [-0.1, -0.05) is 12.1 Å². The van der Waals surface area contributed by atoms with Crippen molar-refractivity contribution >= 4 is 27.6 Å². The molecule has 10 nitrogen and oxygen atoms in total. The first-order valence-electron chi connectivity index (χ1n) is 15.0. The van der Waals surface area contributed by atoms with Gasteiger partial charge in [0.2, 0.25) is 0 Å². The van der Waals surface area contributed by atoms with Crippen molar-refractivity contribution in [3.05, 3.63) is 72.9 Å². The second-order valence-corrected chi connectivity index (χ2v) is 11.6. The molecule has 222 valence electrons. The lowest BCUT2D eigenvalue weighted by Gasteiger charge is -2.37. The van der Waals surface area contributed by atoms with E-state index in [1.165, 1.54) is 18.9 Å². The molecule has 0 atom stereocenters. The van der Waals surface area contributed by atoms with Gasteiger partial charge in [0.15, 0.2) is 0 Å². The molecule has 6 aromatic rings. The molecular formula is C33H32FN9O. The van der Waals surface area contributed by atoms with Crippen molar-refractivity contribution in [3.8, 4) is 39.7 Å². The highest BCUT2D eigenvalue weighted by molar-refractivity contribution is 6.01. The van der Waals surface area contributed by atoms with Crippen LogP contribution in [0.3, 0.4) is 0 Å². The molecule has 0 aliphatic carbocycles. The fourth-order valence-electron chi connectivity index (χ4n) is 6.23. The Kier molecular flexibility index (Phi) is 6.68. The number of rotatable bonds is 8. The number of nitrogens with one attached hydrogen (secondary N) is 2. The van der Waals surface area contributed by atoms with E-state index in [2.05, 4.69) is 41.0 Å². The first-order valence-corrected chi connectivity index (χ1v) is 15.0. The summed E-state index contributed by atoms with van der Waals surface area (Å²) in [5.41, 5.74) is 12.3. The van der Waals surface area contributed by atoms with Crippen LogP contribution in [0.4, 0.5) is 10.2 Å². The predicted octanol–water partition coefficient (Wildman–Crippen LogP) is 4.99. The summed E-state index contributed by atoms with van der Waals surface area (Å²) in [5, 5.41) is 9.60.